The highest BCUT2D eigenvalue weighted by molar-refractivity contribution is 5.97. The molecule has 2 N–H and O–H groups in total. The normalized spacial score (nSPS) is 11.9. The van der Waals surface area contributed by atoms with Crippen LogP contribution in [0.4, 0.5) is 0 Å². The molecule has 1 rings (SSSR count). The van der Waals surface area contributed by atoms with E-state index >= 15 is 0 Å². The van der Waals surface area contributed by atoms with Crippen LogP contribution in [0.1, 0.15) is 23.7 Å². The summed E-state index contributed by atoms with van der Waals surface area (Å²) in [5.41, 5.74) is 0.509. The predicted molar refractivity (Wildman–Crippen MR) is 61.6 cm³/mol. The number of benzene rings is 1. The highest BCUT2D eigenvalue weighted by Crippen LogP contribution is 2.17. The first kappa shape index (κ1) is 12.5. The number of carbonyl (C=O) groups excluding carboxylic acids is 1. The van der Waals surface area contributed by atoms with Crippen molar-refractivity contribution in [2.24, 2.45) is 0 Å². The van der Waals surface area contributed by atoms with Crippen molar-refractivity contribution in [1.29, 1.82) is 0 Å². The average Bonchev–Trinajstić information content (AvgIpc) is 2.29. The molecule has 0 heterocycles. The van der Waals surface area contributed by atoms with E-state index < -0.39 is 0 Å². The zero-order chi connectivity index (χ0) is 12.0. The van der Waals surface area contributed by atoms with Gasteiger partial charge in [0.25, 0.3) is 5.91 Å². The van der Waals surface area contributed by atoms with Gasteiger partial charge in [-0.2, -0.15) is 0 Å². The van der Waals surface area contributed by atoms with Gasteiger partial charge in [-0.15, -0.1) is 0 Å². The van der Waals surface area contributed by atoms with E-state index in [-0.39, 0.29) is 18.6 Å². The molecular weight excluding hydrogens is 206 g/mol. The summed E-state index contributed by atoms with van der Waals surface area (Å²) in [6.45, 7) is 1.91. The Morgan fingerprint density at radius 3 is 2.81 bits per heavy atom. The van der Waals surface area contributed by atoms with Gasteiger partial charge in [0.2, 0.25) is 0 Å². The molecule has 1 unspecified atom stereocenters. The minimum absolute atomic E-state index is 0.0533. The van der Waals surface area contributed by atoms with E-state index in [4.69, 9.17) is 9.84 Å². The van der Waals surface area contributed by atoms with E-state index in [0.29, 0.717) is 17.7 Å². The smallest absolute Gasteiger partial charge is 0.255 e. The zero-order valence-corrected chi connectivity index (χ0v) is 9.56. The summed E-state index contributed by atoms with van der Waals surface area (Å²) in [7, 11) is 1.53. The number of hydrogen-bond acceptors (Lipinski definition) is 3. The molecule has 0 aliphatic rings. The van der Waals surface area contributed by atoms with Crippen molar-refractivity contribution in [3.63, 3.8) is 0 Å². The van der Waals surface area contributed by atoms with Crippen molar-refractivity contribution in [1.82, 2.24) is 5.32 Å². The van der Waals surface area contributed by atoms with Gasteiger partial charge in [-0.05, 0) is 25.5 Å². The summed E-state index contributed by atoms with van der Waals surface area (Å²) in [5, 5.41) is 11.5. The van der Waals surface area contributed by atoms with Crippen LogP contribution in [0.2, 0.25) is 0 Å². The largest absolute Gasteiger partial charge is 0.496 e. The fraction of sp³-hybridized carbons (Fsp3) is 0.417. The Bertz CT molecular complexity index is 352. The van der Waals surface area contributed by atoms with Crippen LogP contribution in [0.5, 0.6) is 5.75 Å². The number of aliphatic hydroxyl groups is 1. The number of methoxy groups -OCH3 is 1. The fourth-order valence-corrected chi connectivity index (χ4v) is 1.40. The minimum atomic E-state index is -0.182. The molecule has 16 heavy (non-hydrogen) atoms. The Morgan fingerprint density at radius 1 is 1.50 bits per heavy atom. The molecule has 0 aromatic heterocycles. The number of rotatable bonds is 5. The van der Waals surface area contributed by atoms with Gasteiger partial charge < -0.3 is 15.2 Å². The van der Waals surface area contributed by atoms with Crippen molar-refractivity contribution < 1.29 is 14.6 Å². The van der Waals surface area contributed by atoms with E-state index in [2.05, 4.69) is 5.32 Å². The summed E-state index contributed by atoms with van der Waals surface area (Å²) >= 11 is 0. The van der Waals surface area contributed by atoms with Crippen LogP contribution in [0.25, 0.3) is 0 Å². The third kappa shape index (κ3) is 3.24. The van der Waals surface area contributed by atoms with Gasteiger partial charge in [0.15, 0.2) is 0 Å². The number of nitrogens with one attached hydrogen (secondary N) is 1. The minimum Gasteiger partial charge on any atom is -0.496 e. The first-order valence-corrected chi connectivity index (χ1v) is 5.23. The molecular formula is C12H17NO3. The van der Waals surface area contributed by atoms with Crippen molar-refractivity contribution in [3.8, 4) is 5.75 Å². The first-order chi connectivity index (χ1) is 7.69. The fourth-order valence-electron chi connectivity index (χ4n) is 1.40. The predicted octanol–water partition coefficient (Wildman–Crippen LogP) is 1.20. The summed E-state index contributed by atoms with van der Waals surface area (Å²) in [6, 6.07) is 6.99. The molecule has 0 saturated carbocycles. The lowest BCUT2D eigenvalue weighted by atomic mass is 10.1. The SMILES string of the molecule is COc1ccccc1C(=O)NC(C)CCO. The Kier molecular flexibility index (Phi) is 4.79. The Hall–Kier alpha value is -1.55. The van der Waals surface area contributed by atoms with E-state index in [9.17, 15) is 4.79 Å². The van der Waals surface area contributed by atoms with Crippen LogP contribution in [0.15, 0.2) is 24.3 Å². The molecule has 4 nitrogen and oxygen atoms in total. The third-order valence-electron chi connectivity index (χ3n) is 2.29. The Labute approximate surface area is 95.2 Å². The highest BCUT2D eigenvalue weighted by atomic mass is 16.5. The molecule has 0 bridgehead atoms. The Balaban J connectivity index is 2.72. The lowest BCUT2D eigenvalue weighted by Crippen LogP contribution is -2.33. The molecule has 0 aliphatic heterocycles. The lowest BCUT2D eigenvalue weighted by Gasteiger charge is -2.13. The number of hydrogen-bond donors (Lipinski definition) is 2. The quantitative estimate of drug-likeness (QED) is 0.788. The van der Waals surface area contributed by atoms with Gasteiger partial charge in [-0.1, -0.05) is 12.1 Å². The summed E-state index contributed by atoms with van der Waals surface area (Å²) in [4.78, 5) is 11.8. The van der Waals surface area contributed by atoms with E-state index in [1.807, 2.05) is 13.0 Å². The van der Waals surface area contributed by atoms with Crippen LogP contribution in [-0.2, 0) is 0 Å². The second-order valence-electron chi connectivity index (χ2n) is 3.59. The first-order valence-electron chi connectivity index (χ1n) is 5.23. The summed E-state index contributed by atoms with van der Waals surface area (Å²) in [5.74, 6) is 0.370. The maximum atomic E-state index is 11.8. The van der Waals surface area contributed by atoms with Crippen molar-refractivity contribution in [2.75, 3.05) is 13.7 Å². The number of amides is 1. The topological polar surface area (TPSA) is 58.6 Å². The Morgan fingerprint density at radius 2 is 2.19 bits per heavy atom. The third-order valence-corrected chi connectivity index (χ3v) is 2.29. The van der Waals surface area contributed by atoms with Crippen molar-refractivity contribution in [3.05, 3.63) is 29.8 Å². The van der Waals surface area contributed by atoms with Crippen molar-refractivity contribution >= 4 is 5.91 Å². The number of para-hydroxylation sites is 1. The van der Waals surface area contributed by atoms with Crippen LogP contribution >= 0.6 is 0 Å². The average molecular weight is 223 g/mol. The van der Waals surface area contributed by atoms with Crippen LogP contribution in [-0.4, -0.2) is 30.8 Å². The zero-order valence-electron chi connectivity index (χ0n) is 9.56. The standard InChI is InChI=1S/C12H17NO3/c1-9(7-8-14)13-12(15)10-5-3-4-6-11(10)16-2/h3-6,9,14H,7-8H2,1-2H3,(H,13,15). The second kappa shape index (κ2) is 6.12. The summed E-state index contributed by atoms with van der Waals surface area (Å²) < 4.78 is 5.10. The highest BCUT2D eigenvalue weighted by Gasteiger charge is 2.13. The van der Waals surface area contributed by atoms with E-state index in [0.717, 1.165) is 0 Å². The van der Waals surface area contributed by atoms with Gasteiger partial charge in [0.1, 0.15) is 5.75 Å². The van der Waals surface area contributed by atoms with Gasteiger partial charge >= 0.3 is 0 Å². The van der Waals surface area contributed by atoms with E-state index in [1.54, 1.807) is 18.2 Å². The maximum absolute atomic E-state index is 11.8. The molecule has 0 saturated heterocycles. The molecule has 0 aliphatic carbocycles. The van der Waals surface area contributed by atoms with Crippen LogP contribution < -0.4 is 10.1 Å². The van der Waals surface area contributed by atoms with Crippen molar-refractivity contribution in [2.45, 2.75) is 19.4 Å². The molecule has 0 radical (unpaired) electrons. The maximum Gasteiger partial charge on any atom is 0.255 e. The second-order valence-corrected chi connectivity index (χ2v) is 3.59. The van der Waals surface area contributed by atoms with Crippen LogP contribution in [0.3, 0.4) is 0 Å². The van der Waals surface area contributed by atoms with E-state index in [1.165, 1.54) is 7.11 Å². The van der Waals surface area contributed by atoms with Gasteiger partial charge in [0, 0.05) is 12.6 Å². The van der Waals surface area contributed by atoms with Gasteiger partial charge in [-0.3, -0.25) is 4.79 Å². The number of aliphatic hydroxyl groups excluding tert-OH is 1. The molecule has 1 aromatic rings. The van der Waals surface area contributed by atoms with Gasteiger partial charge in [0.05, 0.1) is 12.7 Å². The molecule has 88 valence electrons. The van der Waals surface area contributed by atoms with Gasteiger partial charge in [-0.25, -0.2) is 0 Å². The molecule has 0 spiro atoms. The van der Waals surface area contributed by atoms with Crippen LogP contribution in [0, 0.1) is 0 Å². The molecule has 0 fully saturated rings. The monoisotopic (exact) mass is 223 g/mol. The lowest BCUT2D eigenvalue weighted by molar-refractivity contribution is 0.0931. The molecule has 4 heteroatoms. The molecule has 1 amide bonds. The molecule has 1 atom stereocenters. The number of carbonyl (C=O) groups is 1. The number of ether oxygens (including phenoxy) is 1. The summed E-state index contributed by atoms with van der Waals surface area (Å²) in [6.07, 6.45) is 0.543. The molecule has 1 aromatic carbocycles.